The zero-order valence-corrected chi connectivity index (χ0v) is 22.2. The van der Waals surface area contributed by atoms with Gasteiger partial charge in [-0.3, -0.25) is 9.69 Å². The molecule has 5 nitrogen and oxygen atoms in total. The van der Waals surface area contributed by atoms with E-state index in [9.17, 15) is 4.79 Å². The SMILES string of the molecule is CCCCCCCCOc1cccc(C(=O)Nc2ccc3[nH]cc(C4=CCN5CCCCC5C4)c3c2)c1. The summed E-state index contributed by atoms with van der Waals surface area (Å²) in [6.45, 7) is 5.20. The van der Waals surface area contributed by atoms with Crippen molar-refractivity contribution in [3.63, 3.8) is 0 Å². The Hall–Kier alpha value is -3.05. The van der Waals surface area contributed by atoms with Crippen molar-refractivity contribution in [1.82, 2.24) is 9.88 Å². The molecule has 1 saturated heterocycles. The Balaban J connectivity index is 1.21. The van der Waals surface area contributed by atoms with Gasteiger partial charge in [0, 0.05) is 46.5 Å². The number of carbonyl (C=O) groups is 1. The first-order valence-electron chi connectivity index (χ1n) is 14.3. The third kappa shape index (κ3) is 6.45. The molecule has 0 spiro atoms. The lowest BCUT2D eigenvalue weighted by Crippen LogP contribution is -2.41. The summed E-state index contributed by atoms with van der Waals surface area (Å²) in [5, 5.41) is 4.27. The maximum absolute atomic E-state index is 13.1. The smallest absolute Gasteiger partial charge is 0.255 e. The fourth-order valence-corrected chi connectivity index (χ4v) is 5.78. The van der Waals surface area contributed by atoms with E-state index in [0.717, 1.165) is 36.3 Å². The molecule has 1 aromatic heterocycles. The summed E-state index contributed by atoms with van der Waals surface area (Å²) in [4.78, 5) is 19.1. The van der Waals surface area contributed by atoms with E-state index in [2.05, 4.69) is 46.5 Å². The number of nitrogens with zero attached hydrogens (tertiary/aromatic N) is 1. The van der Waals surface area contributed by atoms with Crippen LogP contribution in [0.3, 0.4) is 0 Å². The Kier molecular flexibility index (Phi) is 8.62. The minimum Gasteiger partial charge on any atom is -0.494 e. The second-order valence-electron chi connectivity index (χ2n) is 10.6. The first-order chi connectivity index (χ1) is 18.2. The van der Waals surface area contributed by atoms with Crippen LogP contribution in [0.1, 0.15) is 87.1 Å². The number of hydrogen-bond donors (Lipinski definition) is 2. The molecule has 196 valence electrons. The summed E-state index contributed by atoms with van der Waals surface area (Å²) in [6.07, 6.45) is 17.0. The lowest BCUT2D eigenvalue weighted by Gasteiger charge is -2.38. The van der Waals surface area contributed by atoms with E-state index >= 15 is 0 Å². The van der Waals surface area contributed by atoms with Crippen molar-refractivity contribution in [2.75, 3.05) is 25.0 Å². The number of unbranched alkanes of at least 4 members (excludes halogenated alkanes) is 5. The van der Waals surface area contributed by atoms with E-state index < -0.39 is 0 Å². The number of aromatic amines is 1. The molecule has 1 atom stereocenters. The van der Waals surface area contributed by atoms with E-state index in [1.165, 1.54) is 74.4 Å². The van der Waals surface area contributed by atoms with E-state index in [0.29, 0.717) is 18.2 Å². The van der Waals surface area contributed by atoms with Crippen LogP contribution in [-0.2, 0) is 0 Å². The van der Waals surface area contributed by atoms with Crippen molar-refractivity contribution in [1.29, 1.82) is 0 Å². The monoisotopic (exact) mass is 499 g/mol. The van der Waals surface area contributed by atoms with Gasteiger partial charge in [0.05, 0.1) is 6.61 Å². The van der Waals surface area contributed by atoms with E-state index in [1.807, 2.05) is 30.3 Å². The largest absolute Gasteiger partial charge is 0.494 e. The summed E-state index contributed by atoms with van der Waals surface area (Å²) in [6, 6.07) is 14.3. The zero-order valence-electron chi connectivity index (χ0n) is 22.2. The lowest BCUT2D eigenvalue weighted by atomic mass is 9.89. The molecular formula is C32H41N3O2. The molecule has 0 aliphatic carbocycles. The predicted molar refractivity (Wildman–Crippen MR) is 153 cm³/mol. The van der Waals surface area contributed by atoms with Crippen molar-refractivity contribution in [3.8, 4) is 5.75 Å². The maximum Gasteiger partial charge on any atom is 0.255 e. The Labute approximate surface area is 221 Å². The highest BCUT2D eigenvalue weighted by Gasteiger charge is 2.27. The molecule has 2 aliphatic heterocycles. The molecule has 3 aromatic rings. The minimum atomic E-state index is -0.115. The fraction of sp³-hybridized carbons (Fsp3) is 0.469. The third-order valence-electron chi connectivity index (χ3n) is 7.93. The van der Waals surface area contributed by atoms with Crippen molar-refractivity contribution >= 4 is 28.1 Å². The Bertz CT molecular complexity index is 1230. The van der Waals surface area contributed by atoms with Gasteiger partial charge in [-0.25, -0.2) is 0 Å². The standard InChI is InChI=1S/C32H41N3O2/c1-2-3-4-5-6-9-19-37-28-13-10-11-25(21-28)32(36)34-26-14-15-31-29(22-26)30(23-33-31)24-16-18-35-17-8-7-12-27(35)20-24/h10-11,13-16,21-23,27,33H,2-9,12,17-20H2,1H3,(H,34,36). The Morgan fingerprint density at radius 2 is 1.97 bits per heavy atom. The molecule has 1 fully saturated rings. The molecule has 0 radical (unpaired) electrons. The van der Waals surface area contributed by atoms with Gasteiger partial charge >= 0.3 is 0 Å². The van der Waals surface area contributed by atoms with Crippen molar-refractivity contribution in [2.45, 2.75) is 77.2 Å². The van der Waals surface area contributed by atoms with Gasteiger partial charge in [-0.1, -0.05) is 57.6 Å². The lowest BCUT2D eigenvalue weighted by molar-refractivity contribution is 0.102. The Morgan fingerprint density at radius 1 is 1.08 bits per heavy atom. The highest BCUT2D eigenvalue weighted by Crippen LogP contribution is 2.35. The fourth-order valence-electron chi connectivity index (χ4n) is 5.78. The molecule has 5 rings (SSSR count). The second-order valence-corrected chi connectivity index (χ2v) is 10.6. The van der Waals surface area contributed by atoms with Crippen LogP contribution in [0.4, 0.5) is 5.69 Å². The van der Waals surface area contributed by atoms with Gasteiger partial charge in [-0.15, -0.1) is 0 Å². The van der Waals surface area contributed by atoms with Crippen LogP contribution >= 0.6 is 0 Å². The van der Waals surface area contributed by atoms with Gasteiger partial charge in [0.25, 0.3) is 5.91 Å². The van der Waals surface area contributed by atoms with Crippen LogP contribution in [0.15, 0.2) is 54.7 Å². The van der Waals surface area contributed by atoms with E-state index in [1.54, 1.807) is 0 Å². The van der Waals surface area contributed by atoms with E-state index in [-0.39, 0.29) is 5.91 Å². The topological polar surface area (TPSA) is 57.4 Å². The van der Waals surface area contributed by atoms with Gasteiger partial charge in [0.1, 0.15) is 5.75 Å². The molecule has 0 bridgehead atoms. The summed E-state index contributed by atoms with van der Waals surface area (Å²) >= 11 is 0. The summed E-state index contributed by atoms with van der Waals surface area (Å²) in [5.74, 6) is 0.641. The van der Waals surface area contributed by atoms with Gasteiger partial charge in [-0.05, 0) is 74.2 Å². The van der Waals surface area contributed by atoms with Crippen molar-refractivity contribution < 1.29 is 9.53 Å². The van der Waals surface area contributed by atoms with Gasteiger partial charge in [0.15, 0.2) is 0 Å². The molecular weight excluding hydrogens is 458 g/mol. The van der Waals surface area contributed by atoms with Crippen LogP contribution in [0.2, 0.25) is 0 Å². The molecule has 1 amide bonds. The average molecular weight is 500 g/mol. The molecule has 2 aliphatic rings. The number of rotatable bonds is 11. The molecule has 0 saturated carbocycles. The number of hydrogen-bond acceptors (Lipinski definition) is 3. The predicted octanol–water partition coefficient (Wildman–Crippen LogP) is 7.80. The quantitative estimate of drug-likeness (QED) is 0.265. The maximum atomic E-state index is 13.1. The number of nitrogens with one attached hydrogen (secondary N) is 2. The Morgan fingerprint density at radius 3 is 2.89 bits per heavy atom. The summed E-state index contributed by atoms with van der Waals surface area (Å²) < 4.78 is 5.93. The number of piperidine rings is 1. The second kappa shape index (κ2) is 12.5. The summed E-state index contributed by atoms with van der Waals surface area (Å²) in [7, 11) is 0. The zero-order chi connectivity index (χ0) is 25.5. The van der Waals surface area contributed by atoms with Gasteiger partial charge in [0.2, 0.25) is 0 Å². The van der Waals surface area contributed by atoms with Crippen molar-refractivity contribution in [3.05, 3.63) is 65.9 Å². The minimum absolute atomic E-state index is 0.115. The average Bonchev–Trinajstić information content (AvgIpc) is 3.36. The molecule has 2 aromatic carbocycles. The number of aromatic nitrogens is 1. The van der Waals surface area contributed by atoms with Gasteiger partial charge in [-0.2, -0.15) is 0 Å². The number of benzene rings is 2. The van der Waals surface area contributed by atoms with Gasteiger partial charge < -0.3 is 15.0 Å². The first-order valence-corrected chi connectivity index (χ1v) is 14.3. The molecule has 2 N–H and O–H groups in total. The third-order valence-corrected chi connectivity index (χ3v) is 7.93. The van der Waals surface area contributed by atoms with Crippen LogP contribution in [0.5, 0.6) is 5.75 Å². The van der Waals surface area contributed by atoms with E-state index in [4.69, 9.17) is 4.74 Å². The van der Waals surface area contributed by atoms with Crippen LogP contribution < -0.4 is 10.1 Å². The normalized spacial score (nSPS) is 17.9. The highest BCUT2D eigenvalue weighted by molar-refractivity contribution is 6.06. The van der Waals surface area contributed by atoms with Crippen LogP contribution in [-0.4, -0.2) is 41.5 Å². The molecule has 5 heteroatoms. The molecule has 3 heterocycles. The number of ether oxygens (including phenoxy) is 1. The molecule has 1 unspecified atom stereocenters. The number of H-pyrrole nitrogens is 1. The number of anilines is 1. The summed E-state index contributed by atoms with van der Waals surface area (Å²) in [5.41, 5.74) is 5.22. The first kappa shape index (κ1) is 25.6. The van der Waals surface area contributed by atoms with Crippen LogP contribution in [0, 0.1) is 0 Å². The number of carbonyl (C=O) groups excluding carboxylic acids is 1. The number of fused-ring (bicyclic) bond motifs is 2. The van der Waals surface area contributed by atoms with Crippen LogP contribution in [0.25, 0.3) is 16.5 Å². The molecule has 37 heavy (non-hydrogen) atoms. The highest BCUT2D eigenvalue weighted by atomic mass is 16.5. The number of amides is 1. The van der Waals surface area contributed by atoms with Crippen molar-refractivity contribution in [2.24, 2.45) is 0 Å².